The fourth-order valence-corrected chi connectivity index (χ4v) is 1.15. The van der Waals surface area contributed by atoms with Crippen LogP contribution in [0.25, 0.3) is 0 Å². The van der Waals surface area contributed by atoms with E-state index >= 15 is 0 Å². The molecule has 0 saturated heterocycles. The molecular formula is C13H5F9FeO2-2. The van der Waals surface area contributed by atoms with E-state index in [0.717, 1.165) is 0 Å². The third-order valence-electron chi connectivity index (χ3n) is 2.28. The Morgan fingerprint density at radius 1 is 0.800 bits per heavy atom. The molecule has 25 heavy (non-hydrogen) atoms. The Kier molecular flexibility index (Phi) is 11.8. The first kappa shape index (κ1) is 28.3. The van der Waals surface area contributed by atoms with Gasteiger partial charge in [0, 0.05) is 17.1 Å². The van der Waals surface area contributed by atoms with E-state index in [1.54, 1.807) is 0 Å². The standard InChI is InChI=1S/C6F9.C5H5.2CO.Fe/c7-2-1-3(8,9)5(12,13)6(14,15)4(2,10)11;1-2-4-5-3-1;2*1-2;/h;1-5H;;;/q2*-1;;;. The number of rotatable bonds is 0. The Morgan fingerprint density at radius 2 is 1.16 bits per heavy atom. The van der Waals surface area contributed by atoms with Crippen molar-refractivity contribution in [2.45, 2.75) is 23.7 Å². The molecule has 0 atom stereocenters. The second-order valence-electron chi connectivity index (χ2n) is 3.70. The van der Waals surface area contributed by atoms with Gasteiger partial charge in [-0.25, -0.2) is 25.3 Å². The molecule has 0 amide bonds. The van der Waals surface area contributed by atoms with Crippen LogP contribution in [0, 0.1) is 19.4 Å². The number of allylic oxidation sites excluding steroid dienone is 2. The zero-order valence-corrected chi connectivity index (χ0v) is 12.6. The van der Waals surface area contributed by atoms with Gasteiger partial charge in [-0.1, -0.05) is 0 Å². The average Bonchev–Trinajstić information content (AvgIpc) is 3.09. The van der Waals surface area contributed by atoms with Crippen LogP contribution in [0.5, 0.6) is 0 Å². The monoisotopic (exact) mass is 420 g/mol. The quantitative estimate of drug-likeness (QED) is 0.256. The Bertz CT molecular complexity index is 539. The van der Waals surface area contributed by atoms with Crippen molar-refractivity contribution in [2.24, 2.45) is 0 Å². The Balaban J connectivity index is -0.000000404. The molecule has 0 spiro atoms. The molecule has 1 aromatic carbocycles. The molecule has 2 rings (SSSR count). The van der Waals surface area contributed by atoms with Crippen molar-refractivity contribution < 1.29 is 65.9 Å². The maximum atomic E-state index is 12.2. The van der Waals surface area contributed by atoms with Crippen LogP contribution < -0.4 is 0 Å². The van der Waals surface area contributed by atoms with Gasteiger partial charge in [0.2, 0.25) is 0 Å². The predicted octanol–water partition coefficient (Wildman–Crippen LogP) is 4.53. The molecule has 0 unspecified atom stereocenters. The third kappa shape index (κ3) is 5.47. The van der Waals surface area contributed by atoms with Crippen molar-refractivity contribution in [3.63, 3.8) is 0 Å². The summed E-state index contributed by atoms with van der Waals surface area (Å²) in [6, 6.07) is 10.0. The molecule has 0 saturated carbocycles. The van der Waals surface area contributed by atoms with Crippen LogP contribution in [0.4, 0.5) is 39.5 Å². The summed E-state index contributed by atoms with van der Waals surface area (Å²) in [6.07, 6.45) is -0.272. The zero-order chi connectivity index (χ0) is 19.8. The minimum Gasteiger partial charge on any atom is -0.214 e. The summed E-state index contributed by atoms with van der Waals surface area (Å²) >= 11 is 0. The van der Waals surface area contributed by atoms with Crippen molar-refractivity contribution in [2.75, 3.05) is 0 Å². The molecule has 12 heteroatoms. The molecule has 0 heterocycles. The molecule has 1 aliphatic carbocycles. The minimum atomic E-state index is -6.52. The van der Waals surface area contributed by atoms with Crippen LogP contribution in [-0.2, 0) is 26.4 Å². The average molecular weight is 420 g/mol. The molecule has 1 aliphatic rings. The van der Waals surface area contributed by atoms with Gasteiger partial charge in [-0.05, 0) is 5.83 Å². The maximum Gasteiger partial charge on any atom is 0 e. The summed E-state index contributed by atoms with van der Waals surface area (Å²) in [5.41, 5.74) is 0. The third-order valence-corrected chi connectivity index (χ3v) is 2.28. The second kappa shape index (κ2) is 10.5. The number of alkyl halides is 8. The summed E-state index contributed by atoms with van der Waals surface area (Å²) in [7, 11) is 0. The molecule has 2 nitrogen and oxygen atoms in total. The zero-order valence-electron chi connectivity index (χ0n) is 11.5. The van der Waals surface area contributed by atoms with E-state index in [1.165, 1.54) is 0 Å². The molecule has 0 aromatic heterocycles. The van der Waals surface area contributed by atoms with Crippen molar-refractivity contribution in [3.8, 4) is 0 Å². The van der Waals surface area contributed by atoms with Gasteiger partial charge in [0.15, 0.2) is 5.92 Å². The van der Waals surface area contributed by atoms with Gasteiger partial charge in [0.05, 0.1) is 0 Å². The fraction of sp³-hybridized carbons (Fsp3) is 0.308. The van der Waals surface area contributed by atoms with E-state index in [-0.39, 0.29) is 23.1 Å². The summed E-state index contributed by atoms with van der Waals surface area (Å²) < 4.78 is 125. The van der Waals surface area contributed by atoms with Crippen LogP contribution in [0.1, 0.15) is 0 Å². The topological polar surface area (TPSA) is 39.8 Å². The Morgan fingerprint density at radius 3 is 1.44 bits per heavy atom. The molecular weight excluding hydrogens is 415 g/mol. The number of hydrogen-bond acceptors (Lipinski definition) is 0. The van der Waals surface area contributed by atoms with Crippen LogP contribution in [0.2, 0.25) is 0 Å². The molecule has 142 valence electrons. The predicted molar refractivity (Wildman–Crippen MR) is 57.5 cm³/mol. The first-order valence-electron chi connectivity index (χ1n) is 5.28. The first-order valence-corrected chi connectivity index (χ1v) is 5.28. The van der Waals surface area contributed by atoms with Gasteiger partial charge < -0.3 is 6.08 Å². The molecule has 0 fully saturated rings. The molecule has 1 aromatic rings. The van der Waals surface area contributed by atoms with Crippen LogP contribution in [0.3, 0.4) is 0 Å². The van der Waals surface area contributed by atoms with E-state index in [9.17, 15) is 39.5 Å². The largest absolute Gasteiger partial charge is 0.214 e. The molecule has 0 aliphatic heterocycles. The summed E-state index contributed by atoms with van der Waals surface area (Å²) in [6.45, 7) is 9.00. The van der Waals surface area contributed by atoms with E-state index < -0.39 is 29.5 Å². The Hall–Kier alpha value is -1.54. The van der Waals surface area contributed by atoms with Gasteiger partial charge in [-0.2, -0.15) is 44.5 Å². The van der Waals surface area contributed by atoms with Crippen LogP contribution in [-0.4, -0.2) is 23.7 Å². The van der Waals surface area contributed by atoms with Gasteiger partial charge in [0.1, 0.15) is 0 Å². The van der Waals surface area contributed by atoms with Gasteiger partial charge >= 0.3 is 40.4 Å². The van der Waals surface area contributed by atoms with E-state index in [4.69, 9.17) is 9.30 Å². The SMILES string of the molecule is FC1=[C-]C(F)(F)C(F)(F)C(F)(F)C1(F)F.[C-]#[O+].[C-]#[O+].[Fe].c1cc[cH-]c1. The van der Waals surface area contributed by atoms with E-state index in [0.29, 0.717) is 0 Å². The molecule has 0 bridgehead atoms. The Labute approximate surface area is 146 Å². The number of hydrogen-bond donors (Lipinski definition) is 0. The normalized spacial score (nSPS) is 20.3. The van der Waals surface area contributed by atoms with Crippen molar-refractivity contribution in [3.05, 3.63) is 55.5 Å². The van der Waals surface area contributed by atoms with E-state index in [1.807, 2.05) is 30.3 Å². The fourth-order valence-electron chi connectivity index (χ4n) is 1.15. The minimum absolute atomic E-state index is 0. The first-order chi connectivity index (χ1) is 10.9. The van der Waals surface area contributed by atoms with Gasteiger partial charge in [0.25, 0.3) is 0 Å². The second-order valence-corrected chi connectivity index (χ2v) is 3.70. The van der Waals surface area contributed by atoms with Gasteiger partial charge in [-0.3, -0.25) is 0 Å². The van der Waals surface area contributed by atoms with Crippen molar-refractivity contribution in [1.82, 2.24) is 0 Å². The van der Waals surface area contributed by atoms with Crippen LogP contribution in [0.15, 0.2) is 36.2 Å². The molecule has 0 radical (unpaired) electrons. The van der Waals surface area contributed by atoms with Gasteiger partial charge in [-0.15, -0.1) is 0 Å². The van der Waals surface area contributed by atoms with E-state index in [2.05, 4.69) is 13.3 Å². The maximum absolute atomic E-state index is 12.2. The molecule has 0 N–H and O–H groups in total. The smallest absolute Gasteiger partial charge is 0 e. The number of halogens is 9. The van der Waals surface area contributed by atoms with Crippen molar-refractivity contribution >= 4 is 0 Å². The summed E-state index contributed by atoms with van der Waals surface area (Å²) in [5, 5.41) is 0. The van der Waals surface area contributed by atoms with Crippen molar-refractivity contribution in [1.29, 1.82) is 0 Å². The summed E-state index contributed by atoms with van der Waals surface area (Å²) in [4.78, 5) is 0. The van der Waals surface area contributed by atoms with Crippen LogP contribution >= 0.6 is 0 Å². The summed E-state index contributed by atoms with van der Waals surface area (Å²) in [5.74, 6) is -28.1.